The van der Waals surface area contributed by atoms with Gasteiger partial charge in [-0.15, -0.1) is 0 Å². The first-order chi connectivity index (χ1) is 9.01. The van der Waals surface area contributed by atoms with Crippen LogP contribution in [0.15, 0.2) is 0 Å². The van der Waals surface area contributed by atoms with Gasteiger partial charge in [-0.2, -0.15) is 30.6 Å². The molecule has 1 saturated heterocycles. The fraction of sp³-hybridized carbons (Fsp3) is 0.900. The first-order valence-corrected chi connectivity index (χ1v) is 7.54. The van der Waals surface area contributed by atoms with E-state index in [-0.39, 0.29) is 13.1 Å². The number of hydrogen-bond acceptors (Lipinski definition) is 3. The third-order valence-corrected chi connectivity index (χ3v) is 4.94. The second-order valence-corrected chi connectivity index (χ2v) is 6.52. The van der Waals surface area contributed by atoms with Crippen LogP contribution >= 0.6 is 0 Å². The summed E-state index contributed by atoms with van der Waals surface area (Å²) in [5.41, 5.74) is -3.54. The summed E-state index contributed by atoms with van der Waals surface area (Å²) >= 11 is 0. The van der Waals surface area contributed by atoms with Crippen LogP contribution in [0, 0.1) is 0 Å². The van der Waals surface area contributed by atoms with Crippen LogP contribution in [0.1, 0.15) is 32.6 Å². The molecule has 0 aromatic rings. The maximum absolute atomic E-state index is 12.8. The van der Waals surface area contributed by atoms with Gasteiger partial charge in [0.05, 0.1) is 0 Å². The Labute approximate surface area is 115 Å². The topological polar surface area (TPSA) is 86.7 Å². The lowest BCUT2D eigenvalue weighted by atomic mass is 10.0. The van der Waals surface area contributed by atoms with Crippen molar-refractivity contribution >= 4 is 16.2 Å². The number of carboxylic acids is 1. The Balaban J connectivity index is 3.00. The molecule has 1 aliphatic heterocycles. The van der Waals surface area contributed by atoms with E-state index in [9.17, 15) is 26.4 Å². The predicted octanol–water partition coefficient (Wildman–Crippen LogP) is 1.10. The Kier molecular flexibility index (Phi) is 5.03. The SMILES string of the molecule is CC(NS(=O)(=O)N1CCCCCC1)(C(=O)O)C(F)(F)F. The fourth-order valence-corrected chi connectivity index (χ4v) is 3.41. The third-order valence-electron chi connectivity index (χ3n) is 3.23. The van der Waals surface area contributed by atoms with Gasteiger partial charge in [0.15, 0.2) is 0 Å². The Morgan fingerprint density at radius 2 is 1.60 bits per heavy atom. The standard InChI is InChI=1S/C10H17F3N2O4S/c1-9(8(16)17,10(11,12)13)14-20(18,19)15-6-4-2-3-5-7-15/h14H,2-7H2,1H3,(H,16,17). The van der Waals surface area contributed by atoms with Crippen molar-refractivity contribution in [3.8, 4) is 0 Å². The van der Waals surface area contributed by atoms with Crippen molar-refractivity contribution in [3.05, 3.63) is 0 Å². The van der Waals surface area contributed by atoms with Crippen molar-refractivity contribution in [2.75, 3.05) is 13.1 Å². The van der Waals surface area contributed by atoms with Gasteiger partial charge < -0.3 is 5.11 Å². The van der Waals surface area contributed by atoms with Crippen molar-refractivity contribution in [2.24, 2.45) is 0 Å². The van der Waals surface area contributed by atoms with Crippen LogP contribution in [0.2, 0.25) is 0 Å². The van der Waals surface area contributed by atoms with Gasteiger partial charge in [0.25, 0.3) is 10.2 Å². The molecule has 0 aliphatic carbocycles. The monoisotopic (exact) mass is 318 g/mol. The van der Waals surface area contributed by atoms with Crippen LogP contribution in [0.5, 0.6) is 0 Å². The van der Waals surface area contributed by atoms with E-state index in [1.165, 1.54) is 4.72 Å². The molecule has 0 amide bonds. The van der Waals surface area contributed by atoms with Gasteiger partial charge in [0.2, 0.25) is 5.54 Å². The second kappa shape index (κ2) is 5.86. The minimum absolute atomic E-state index is 0.0862. The van der Waals surface area contributed by atoms with Crippen molar-refractivity contribution < 1.29 is 31.5 Å². The van der Waals surface area contributed by atoms with Crippen LogP contribution in [-0.4, -0.2) is 48.6 Å². The lowest BCUT2D eigenvalue weighted by Crippen LogP contribution is -2.64. The first-order valence-electron chi connectivity index (χ1n) is 6.10. The van der Waals surface area contributed by atoms with E-state index in [1.54, 1.807) is 0 Å². The van der Waals surface area contributed by atoms with E-state index in [4.69, 9.17) is 5.11 Å². The molecule has 1 fully saturated rings. The number of hydrogen-bond donors (Lipinski definition) is 2. The zero-order valence-corrected chi connectivity index (χ0v) is 11.7. The molecule has 6 nitrogen and oxygen atoms in total. The van der Waals surface area contributed by atoms with E-state index in [0.717, 1.165) is 17.1 Å². The summed E-state index contributed by atoms with van der Waals surface area (Å²) in [6, 6.07) is 0. The van der Waals surface area contributed by atoms with E-state index in [1.807, 2.05) is 0 Å². The highest BCUT2D eigenvalue weighted by molar-refractivity contribution is 7.87. The molecule has 20 heavy (non-hydrogen) atoms. The molecule has 0 bridgehead atoms. The number of halogens is 3. The Hall–Kier alpha value is -0.870. The van der Waals surface area contributed by atoms with Gasteiger partial charge in [-0.1, -0.05) is 12.8 Å². The molecular weight excluding hydrogens is 301 g/mol. The quantitative estimate of drug-likeness (QED) is 0.813. The number of alkyl halides is 3. The molecule has 0 radical (unpaired) electrons. The zero-order valence-electron chi connectivity index (χ0n) is 10.9. The van der Waals surface area contributed by atoms with Crippen LogP contribution in [0.3, 0.4) is 0 Å². The molecule has 1 atom stereocenters. The highest BCUT2D eigenvalue weighted by atomic mass is 32.2. The maximum atomic E-state index is 12.8. The molecule has 2 N–H and O–H groups in total. The van der Waals surface area contributed by atoms with Gasteiger partial charge >= 0.3 is 12.1 Å². The number of aliphatic carboxylic acids is 1. The lowest BCUT2D eigenvalue weighted by Gasteiger charge is -2.31. The average Bonchev–Trinajstić information content (AvgIpc) is 2.55. The molecule has 118 valence electrons. The highest BCUT2D eigenvalue weighted by Crippen LogP contribution is 2.31. The van der Waals surface area contributed by atoms with Crippen molar-refractivity contribution in [1.29, 1.82) is 0 Å². The minimum atomic E-state index is -5.24. The van der Waals surface area contributed by atoms with E-state index < -0.39 is 27.9 Å². The largest absolute Gasteiger partial charge is 0.480 e. The minimum Gasteiger partial charge on any atom is -0.480 e. The highest BCUT2D eigenvalue weighted by Gasteiger charge is 2.60. The van der Waals surface area contributed by atoms with Crippen LogP contribution in [0.25, 0.3) is 0 Å². The number of carbonyl (C=O) groups is 1. The van der Waals surface area contributed by atoms with Gasteiger partial charge in [-0.25, -0.2) is 4.79 Å². The van der Waals surface area contributed by atoms with Crippen molar-refractivity contribution in [3.63, 3.8) is 0 Å². The zero-order chi connectivity index (χ0) is 15.6. The number of carboxylic acid groups (broad SMARTS) is 1. The molecule has 0 aromatic heterocycles. The van der Waals surface area contributed by atoms with Crippen LogP contribution in [0.4, 0.5) is 13.2 Å². The summed E-state index contributed by atoms with van der Waals surface area (Å²) in [5.74, 6) is -2.29. The molecule has 1 rings (SSSR count). The number of nitrogens with one attached hydrogen (secondary N) is 1. The molecule has 0 saturated carbocycles. The van der Waals surface area contributed by atoms with Gasteiger partial charge in [0, 0.05) is 13.1 Å². The summed E-state index contributed by atoms with van der Waals surface area (Å²) in [5, 5.41) is 8.72. The van der Waals surface area contributed by atoms with E-state index >= 15 is 0 Å². The molecule has 0 aromatic carbocycles. The summed E-state index contributed by atoms with van der Waals surface area (Å²) in [6.45, 7) is 0.469. The van der Waals surface area contributed by atoms with Crippen LogP contribution < -0.4 is 4.72 Å². The molecule has 1 unspecified atom stereocenters. The molecule has 1 aliphatic rings. The van der Waals surface area contributed by atoms with Gasteiger partial charge in [-0.3, -0.25) is 0 Å². The number of rotatable bonds is 4. The van der Waals surface area contributed by atoms with Crippen LogP contribution in [-0.2, 0) is 15.0 Å². The molecule has 0 spiro atoms. The molecular formula is C10H17F3N2O4S. The summed E-state index contributed by atoms with van der Waals surface area (Å²) in [6.07, 6.45) is -2.58. The smallest absolute Gasteiger partial charge is 0.418 e. The maximum Gasteiger partial charge on any atom is 0.418 e. The Bertz CT molecular complexity index is 458. The Morgan fingerprint density at radius 1 is 1.15 bits per heavy atom. The molecule has 10 heteroatoms. The Morgan fingerprint density at radius 3 is 1.95 bits per heavy atom. The first kappa shape index (κ1) is 17.2. The third kappa shape index (κ3) is 3.61. The molecule has 1 heterocycles. The summed E-state index contributed by atoms with van der Waals surface area (Å²) in [7, 11) is -4.51. The normalized spacial score (nSPS) is 22.0. The summed E-state index contributed by atoms with van der Waals surface area (Å²) < 4.78 is 64.5. The van der Waals surface area contributed by atoms with E-state index in [2.05, 4.69) is 0 Å². The van der Waals surface area contributed by atoms with Gasteiger partial charge in [0.1, 0.15) is 0 Å². The number of nitrogens with zero attached hydrogens (tertiary/aromatic N) is 1. The van der Waals surface area contributed by atoms with Crippen molar-refractivity contribution in [2.45, 2.75) is 44.3 Å². The average molecular weight is 318 g/mol. The second-order valence-electron chi connectivity index (χ2n) is 4.85. The predicted molar refractivity (Wildman–Crippen MR) is 64.2 cm³/mol. The van der Waals surface area contributed by atoms with Gasteiger partial charge in [-0.05, 0) is 19.8 Å². The fourth-order valence-electron chi connectivity index (χ4n) is 1.83. The lowest BCUT2D eigenvalue weighted by molar-refractivity contribution is -0.201. The van der Waals surface area contributed by atoms with Crippen molar-refractivity contribution in [1.82, 2.24) is 9.03 Å². The summed E-state index contributed by atoms with van der Waals surface area (Å²) in [4.78, 5) is 10.8. The van der Waals surface area contributed by atoms with E-state index in [0.29, 0.717) is 19.8 Å².